The zero-order valence-corrected chi connectivity index (χ0v) is 11.5. The number of hydrogen-bond donors (Lipinski definition) is 1. The first-order valence-electron chi connectivity index (χ1n) is 5.74. The molecular formula is C12H20NO3P. The summed E-state index contributed by atoms with van der Waals surface area (Å²) in [5.41, 5.74) is 8.36. The Morgan fingerprint density at radius 1 is 1.24 bits per heavy atom. The third-order valence-corrected chi connectivity index (χ3v) is 4.42. The van der Waals surface area contributed by atoms with Gasteiger partial charge >= 0.3 is 7.60 Å². The summed E-state index contributed by atoms with van der Waals surface area (Å²) in [7, 11) is -3.02. The first-order chi connectivity index (χ1) is 8.00. The second kappa shape index (κ2) is 6.20. The van der Waals surface area contributed by atoms with E-state index in [1.165, 1.54) is 0 Å². The number of hydrogen-bond acceptors (Lipinski definition) is 4. The Balaban J connectivity index is 2.86. The maximum Gasteiger partial charge on any atom is 0.335 e. The Morgan fingerprint density at radius 3 is 2.29 bits per heavy atom. The van der Waals surface area contributed by atoms with E-state index in [1.54, 1.807) is 13.8 Å². The van der Waals surface area contributed by atoms with Crippen LogP contribution in [0.15, 0.2) is 18.2 Å². The van der Waals surface area contributed by atoms with Gasteiger partial charge in [0.05, 0.1) is 19.4 Å². The molecule has 1 rings (SSSR count). The molecule has 0 atom stereocenters. The summed E-state index contributed by atoms with van der Waals surface area (Å²) in [6.07, 6.45) is 0.288. The zero-order valence-electron chi connectivity index (χ0n) is 10.6. The molecule has 0 bridgehead atoms. The average molecular weight is 257 g/mol. The average Bonchev–Trinajstić information content (AvgIpc) is 2.24. The monoisotopic (exact) mass is 257 g/mol. The van der Waals surface area contributed by atoms with Gasteiger partial charge in [-0.2, -0.15) is 0 Å². The molecule has 1 aromatic carbocycles. The number of benzene rings is 1. The van der Waals surface area contributed by atoms with Crippen LogP contribution >= 0.6 is 7.60 Å². The van der Waals surface area contributed by atoms with Gasteiger partial charge in [0.25, 0.3) is 0 Å². The van der Waals surface area contributed by atoms with Crippen molar-refractivity contribution in [3.8, 4) is 0 Å². The van der Waals surface area contributed by atoms with Crippen molar-refractivity contribution < 1.29 is 13.6 Å². The summed E-state index contributed by atoms with van der Waals surface area (Å²) < 4.78 is 22.8. The first kappa shape index (κ1) is 14.2. The van der Waals surface area contributed by atoms with Crippen LogP contribution in [0.1, 0.15) is 25.0 Å². The second-order valence-corrected chi connectivity index (χ2v) is 5.85. The van der Waals surface area contributed by atoms with Crippen LogP contribution in [-0.2, 0) is 19.8 Å². The van der Waals surface area contributed by atoms with E-state index in [-0.39, 0.29) is 6.16 Å². The predicted molar refractivity (Wildman–Crippen MR) is 70.2 cm³/mol. The molecule has 0 fully saturated rings. The molecule has 4 nitrogen and oxygen atoms in total. The Kier molecular flexibility index (Phi) is 5.19. The molecule has 17 heavy (non-hydrogen) atoms. The summed E-state index contributed by atoms with van der Waals surface area (Å²) in [4.78, 5) is 0. The highest BCUT2D eigenvalue weighted by molar-refractivity contribution is 7.53. The fraction of sp³-hybridized carbons (Fsp3) is 0.500. The van der Waals surface area contributed by atoms with Gasteiger partial charge in [0.2, 0.25) is 0 Å². The van der Waals surface area contributed by atoms with E-state index < -0.39 is 7.60 Å². The van der Waals surface area contributed by atoms with Crippen LogP contribution < -0.4 is 5.73 Å². The minimum atomic E-state index is -3.02. The van der Waals surface area contributed by atoms with Gasteiger partial charge in [0, 0.05) is 5.69 Å². The summed E-state index contributed by atoms with van der Waals surface area (Å²) in [5, 5.41) is 0. The molecule has 0 saturated heterocycles. The summed E-state index contributed by atoms with van der Waals surface area (Å²) in [5.74, 6) is 0. The third-order valence-electron chi connectivity index (χ3n) is 2.36. The van der Waals surface area contributed by atoms with Crippen molar-refractivity contribution in [2.75, 3.05) is 18.9 Å². The van der Waals surface area contributed by atoms with E-state index in [1.807, 2.05) is 25.1 Å². The lowest BCUT2D eigenvalue weighted by atomic mass is 10.1. The van der Waals surface area contributed by atoms with E-state index in [0.717, 1.165) is 16.8 Å². The van der Waals surface area contributed by atoms with Crippen LogP contribution in [0.2, 0.25) is 0 Å². The van der Waals surface area contributed by atoms with Crippen LogP contribution in [0, 0.1) is 6.92 Å². The standard InChI is InChI=1S/C12H20NO3P/c1-4-15-17(14,16-5-2)9-11-6-7-12(13)10(3)8-11/h6-8H,4-5,9,13H2,1-3H3. The minimum Gasteiger partial charge on any atom is -0.399 e. The normalized spacial score (nSPS) is 11.7. The van der Waals surface area contributed by atoms with Gasteiger partial charge in [-0.05, 0) is 38.0 Å². The van der Waals surface area contributed by atoms with Crippen molar-refractivity contribution >= 4 is 13.3 Å². The smallest absolute Gasteiger partial charge is 0.335 e. The second-order valence-electron chi connectivity index (χ2n) is 3.80. The number of anilines is 1. The van der Waals surface area contributed by atoms with Crippen molar-refractivity contribution in [3.63, 3.8) is 0 Å². The fourth-order valence-electron chi connectivity index (χ4n) is 1.58. The molecule has 0 aliphatic heterocycles. The van der Waals surface area contributed by atoms with Gasteiger partial charge < -0.3 is 14.8 Å². The van der Waals surface area contributed by atoms with Gasteiger partial charge in [-0.3, -0.25) is 4.57 Å². The molecule has 0 heterocycles. The first-order valence-corrected chi connectivity index (χ1v) is 7.46. The molecule has 5 heteroatoms. The molecule has 0 amide bonds. The van der Waals surface area contributed by atoms with E-state index in [0.29, 0.717) is 13.2 Å². The number of aryl methyl sites for hydroxylation is 1. The summed E-state index contributed by atoms with van der Waals surface area (Å²) >= 11 is 0. The number of nitrogens with two attached hydrogens (primary N) is 1. The summed E-state index contributed by atoms with van der Waals surface area (Å²) in [6.45, 7) is 6.29. The summed E-state index contributed by atoms with van der Waals surface area (Å²) in [6, 6.07) is 5.58. The van der Waals surface area contributed by atoms with E-state index in [2.05, 4.69) is 0 Å². The Labute approximate surface area is 103 Å². The fourth-order valence-corrected chi connectivity index (χ4v) is 3.27. The molecule has 0 aromatic heterocycles. The molecule has 1 aromatic rings. The van der Waals surface area contributed by atoms with Crippen LogP contribution in [0.5, 0.6) is 0 Å². The maximum absolute atomic E-state index is 12.3. The zero-order chi connectivity index (χ0) is 12.9. The van der Waals surface area contributed by atoms with Gasteiger partial charge in [-0.1, -0.05) is 12.1 Å². The van der Waals surface area contributed by atoms with Crippen LogP contribution in [0.4, 0.5) is 5.69 Å². The van der Waals surface area contributed by atoms with Crippen molar-refractivity contribution in [1.29, 1.82) is 0 Å². The number of nitrogen functional groups attached to an aromatic ring is 1. The SMILES string of the molecule is CCOP(=O)(Cc1ccc(N)c(C)c1)OCC. The Hall–Kier alpha value is -0.830. The van der Waals surface area contributed by atoms with E-state index in [4.69, 9.17) is 14.8 Å². The lowest BCUT2D eigenvalue weighted by molar-refractivity contribution is 0.219. The molecule has 96 valence electrons. The van der Waals surface area contributed by atoms with Crippen molar-refractivity contribution in [2.24, 2.45) is 0 Å². The van der Waals surface area contributed by atoms with Crippen molar-refractivity contribution in [3.05, 3.63) is 29.3 Å². The third kappa shape index (κ3) is 4.15. The highest BCUT2D eigenvalue weighted by atomic mass is 31.2. The van der Waals surface area contributed by atoms with E-state index in [9.17, 15) is 4.57 Å². The molecule has 0 saturated carbocycles. The van der Waals surface area contributed by atoms with Crippen molar-refractivity contribution in [2.45, 2.75) is 26.9 Å². The number of rotatable bonds is 6. The molecular weight excluding hydrogens is 237 g/mol. The topological polar surface area (TPSA) is 61.5 Å². The van der Waals surface area contributed by atoms with Gasteiger partial charge in [0.15, 0.2) is 0 Å². The minimum absolute atomic E-state index is 0.288. The lowest BCUT2D eigenvalue weighted by Gasteiger charge is -2.17. The van der Waals surface area contributed by atoms with Gasteiger partial charge in [0.1, 0.15) is 0 Å². The highest BCUT2D eigenvalue weighted by Crippen LogP contribution is 2.51. The van der Waals surface area contributed by atoms with Gasteiger partial charge in [-0.25, -0.2) is 0 Å². The highest BCUT2D eigenvalue weighted by Gasteiger charge is 2.24. The largest absolute Gasteiger partial charge is 0.399 e. The van der Waals surface area contributed by atoms with Gasteiger partial charge in [-0.15, -0.1) is 0 Å². The van der Waals surface area contributed by atoms with Crippen molar-refractivity contribution in [1.82, 2.24) is 0 Å². The quantitative estimate of drug-likeness (QED) is 0.627. The predicted octanol–water partition coefficient (Wildman–Crippen LogP) is 3.34. The Morgan fingerprint density at radius 2 is 1.82 bits per heavy atom. The molecule has 0 aliphatic carbocycles. The molecule has 0 radical (unpaired) electrons. The lowest BCUT2D eigenvalue weighted by Crippen LogP contribution is -2.00. The molecule has 0 unspecified atom stereocenters. The van der Waals surface area contributed by atoms with Crippen LogP contribution in [0.25, 0.3) is 0 Å². The molecule has 2 N–H and O–H groups in total. The molecule has 0 spiro atoms. The van der Waals surface area contributed by atoms with Crippen LogP contribution in [-0.4, -0.2) is 13.2 Å². The Bertz CT molecular complexity index is 410. The van der Waals surface area contributed by atoms with Crippen LogP contribution in [0.3, 0.4) is 0 Å². The molecule has 0 aliphatic rings. The maximum atomic E-state index is 12.3. The van der Waals surface area contributed by atoms with E-state index >= 15 is 0 Å².